The van der Waals surface area contributed by atoms with Crippen LogP contribution < -0.4 is 5.43 Å². The van der Waals surface area contributed by atoms with Crippen LogP contribution in [0.5, 0.6) is 0 Å². The Labute approximate surface area is 152 Å². The van der Waals surface area contributed by atoms with Crippen molar-refractivity contribution in [3.8, 4) is 0 Å². The molecule has 0 unspecified atom stereocenters. The Balaban J connectivity index is 1.85. The van der Waals surface area contributed by atoms with Gasteiger partial charge in [-0.25, -0.2) is 8.42 Å². The molecule has 0 bridgehead atoms. The van der Waals surface area contributed by atoms with E-state index in [9.17, 15) is 26.0 Å². The molecular weight excluding hydrogens is 390 g/mol. The second kappa shape index (κ2) is 6.91. The quantitative estimate of drug-likeness (QED) is 0.365. The van der Waals surface area contributed by atoms with Gasteiger partial charge in [0.15, 0.2) is 9.84 Å². The second-order valence-electron chi connectivity index (χ2n) is 6.15. The van der Waals surface area contributed by atoms with Crippen molar-refractivity contribution < 1.29 is 26.0 Å². The third kappa shape index (κ3) is 3.66. The summed E-state index contributed by atoms with van der Waals surface area (Å²) in [5, 5.41) is 7.92. The fourth-order valence-electron chi connectivity index (χ4n) is 2.93. The van der Waals surface area contributed by atoms with E-state index in [4.69, 9.17) is 0 Å². The van der Waals surface area contributed by atoms with Gasteiger partial charge in [-0.3, -0.25) is 10.1 Å². The molecule has 146 valence electrons. The van der Waals surface area contributed by atoms with Crippen molar-refractivity contribution in [2.24, 2.45) is 5.10 Å². The Morgan fingerprint density at radius 1 is 1.19 bits per heavy atom. The van der Waals surface area contributed by atoms with Gasteiger partial charge in [-0.2, -0.15) is 32.7 Å². The van der Waals surface area contributed by atoms with Crippen LogP contribution in [0.15, 0.2) is 5.10 Å². The number of halogens is 4. The van der Waals surface area contributed by atoms with Crippen molar-refractivity contribution in [2.75, 3.05) is 16.9 Å². The summed E-state index contributed by atoms with van der Waals surface area (Å²) in [7, 11) is -3.10. The smallest absolute Gasteiger partial charge is 0.254 e. The van der Waals surface area contributed by atoms with Crippen molar-refractivity contribution in [1.82, 2.24) is 14.8 Å². The molecule has 0 aromatic carbocycles. The van der Waals surface area contributed by atoms with Crippen molar-refractivity contribution in [1.29, 1.82) is 0 Å². The highest BCUT2D eigenvalue weighted by molar-refractivity contribution is 7.91. The Bertz CT molecular complexity index is 1010. The lowest BCUT2D eigenvalue weighted by molar-refractivity contribution is 0.411. The number of nitrogens with zero attached hydrogens (tertiary/aromatic N) is 4. The van der Waals surface area contributed by atoms with Crippen molar-refractivity contribution in [3.05, 3.63) is 40.5 Å². The number of nitrogens with one attached hydrogen (secondary N) is 1. The number of anilines is 1. The molecule has 0 saturated carbocycles. The molecular formula is C15H15F4N5O2S. The molecule has 0 aliphatic carbocycles. The first kappa shape index (κ1) is 19.3. The van der Waals surface area contributed by atoms with Crippen molar-refractivity contribution in [3.63, 3.8) is 0 Å². The third-order valence-electron chi connectivity index (χ3n) is 4.30. The molecule has 12 heteroatoms. The zero-order valence-electron chi connectivity index (χ0n) is 14.3. The van der Waals surface area contributed by atoms with Crippen LogP contribution >= 0.6 is 0 Å². The minimum atomic E-state index is -3.10. The monoisotopic (exact) mass is 405 g/mol. The normalized spacial score (nSPS) is 19.1. The highest BCUT2D eigenvalue weighted by atomic mass is 32.2. The van der Waals surface area contributed by atoms with E-state index in [0.717, 1.165) is 0 Å². The van der Waals surface area contributed by atoms with Crippen LogP contribution in [0, 0.1) is 37.4 Å². The molecule has 1 N–H and O–H groups in total. The molecule has 7 nitrogen and oxygen atoms in total. The molecule has 3 rings (SSSR count). The molecule has 2 aromatic heterocycles. The van der Waals surface area contributed by atoms with Crippen LogP contribution in [-0.4, -0.2) is 40.9 Å². The fraction of sp³-hybridized carbons (Fsp3) is 0.400. The van der Waals surface area contributed by atoms with Gasteiger partial charge in [0.2, 0.25) is 11.6 Å². The standard InChI is InChI=1S/C15H15F4N5O2S/c1-7-10(8(2)24(23-7)9-3-4-27(25,26)6-9)5-20-22-13-11(16)14(18)21-15(19)12(13)17/h5,9H,3-4,6H2,1-2H3,(H,21,22)/b20-5-/t9-/m0/s1. The molecule has 27 heavy (non-hydrogen) atoms. The molecule has 1 aliphatic rings. The topological polar surface area (TPSA) is 89.2 Å². The Hall–Kier alpha value is -2.50. The molecule has 1 atom stereocenters. The van der Waals surface area contributed by atoms with E-state index in [2.05, 4.69) is 15.2 Å². The van der Waals surface area contributed by atoms with Gasteiger partial charge in [-0.1, -0.05) is 0 Å². The van der Waals surface area contributed by atoms with Gasteiger partial charge in [0, 0.05) is 11.3 Å². The van der Waals surface area contributed by atoms with Gasteiger partial charge in [0.1, 0.15) is 5.69 Å². The van der Waals surface area contributed by atoms with Crippen LogP contribution in [0.3, 0.4) is 0 Å². The summed E-state index contributed by atoms with van der Waals surface area (Å²) >= 11 is 0. The maximum absolute atomic E-state index is 13.6. The average molecular weight is 405 g/mol. The summed E-state index contributed by atoms with van der Waals surface area (Å²) < 4.78 is 78.2. The lowest BCUT2D eigenvalue weighted by Gasteiger charge is -2.10. The summed E-state index contributed by atoms with van der Waals surface area (Å²) in [5.41, 5.74) is 2.42. The highest BCUT2D eigenvalue weighted by Crippen LogP contribution is 2.26. The third-order valence-corrected chi connectivity index (χ3v) is 6.05. The number of rotatable bonds is 4. The van der Waals surface area contributed by atoms with E-state index in [1.807, 2.05) is 5.43 Å². The SMILES string of the molecule is Cc1nn([C@H]2CCS(=O)(=O)C2)c(C)c1/C=N\Nc1c(F)c(F)nc(F)c1F. The van der Waals surface area contributed by atoms with Gasteiger partial charge in [-0.15, -0.1) is 0 Å². The van der Waals surface area contributed by atoms with E-state index >= 15 is 0 Å². The summed E-state index contributed by atoms with van der Waals surface area (Å²) in [4.78, 5) is 2.45. The minimum absolute atomic E-state index is 0.0181. The number of aryl methyl sites for hydroxylation is 1. The molecule has 2 aromatic rings. The number of pyridine rings is 1. The van der Waals surface area contributed by atoms with Gasteiger partial charge in [0.25, 0.3) is 11.9 Å². The first-order valence-electron chi connectivity index (χ1n) is 7.86. The van der Waals surface area contributed by atoms with Crippen LogP contribution in [-0.2, 0) is 9.84 Å². The highest BCUT2D eigenvalue weighted by Gasteiger charge is 2.31. The van der Waals surface area contributed by atoms with E-state index in [1.165, 1.54) is 6.21 Å². The van der Waals surface area contributed by atoms with Crippen LogP contribution in [0.25, 0.3) is 0 Å². The molecule has 0 radical (unpaired) electrons. The minimum Gasteiger partial charge on any atom is -0.272 e. The van der Waals surface area contributed by atoms with Gasteiger partial charge < -0.3 is 0 Å². The molecule has 1 saturated heterocycles. The predicted molar refractivity (Wildman–Crippen MR) is 89.3 cm³/mol. The van der Waals surface area contributed by atoms with Crippen LogP contribution in [0.2, 0.25) is 0 Å². The predicted octanol–water partition coefficient (Wildman–Crippen LogP) is 2.26. The van der Waals surface area contributed by atoms with Crippen molar-refractivity contribution in [2.45, 2.75) is 26.3 Å². The number of hydrogen-bond donors (Lipinski definition) is 1. The second-order valence-corrected chi connectivity index (χ2v) is 8.38. The zero-order chi connectivity index (χ0) is 19.9. The zero-order valence-corrected chi connectivity index (χ0v) is 15.1. The first-order valence-corrected chi connectivity index (χ1v) is 9.68. The maximum atomic E-state index is 13.6. The van der Waals surface area contributed by atoms with E-state index in [1.54, 1.807) is 18.5 Å². The molecule has 3 heterocycles. The molecule has 0 amide bonds. The average Bonchev–Trinajstić information content (AvgIpc) is 3.09. The van der Waals surface area contributed by atoms with Gasteiger partial charge in [-0.05, 0) is 20.3 Å². The Morgan fingerprint density at radius 3 is 2.37 bits per heavy atom. The van der Waals surface area contributed by atoms with E-state index < -0.39 is 39.1 Å². The summed E-state index contributed by atoms with van der Waals surface area (Å²) in [6.45, 7) is 3.35. The Kier molecular flexibility index (Phi) is 4.93. The molecule has 1 fully saturated rings. The molecule has 0 spiro atoms. The van der Waals surface area contributed by atoms with Crippen LogP contribution in [0.4, 0.5) is 23.2 Å². The Morgan fingerprint density at radius 2 is 1.81 bits per heavy atom. The lowest BCUT2D eigenvalue weighted by atomic mass is 10.2. The number of hydrogen-bond acceptors (Lipinski definition) is 6. The summed E-state index contributed by atoms with van der Waals surface area (Å²) in [6.07, 6.45) is 1.62. The summed E-state index contributed by atoms with van der Waals surface area (Å²) in [5.74, 6) is -6.93. The number of sulfone groups is 1. The number of aromatic nitrogens is 3. The van der Waals surface area contributed by atoms with Crippen molar-refractivity contribution >= 4 is 21.7 Å². The lowest BCUT2D eigenvalue weighted by Crippen LogP contribution is -2.14. The first-order chi connectivity index (χ1) is 12.6. The number of hydrazone groups is 1. The fourth-order valence-corrected chi connectivity index (χ4v) is 4.62. The van der Waals surface area contributed by atoms with Crippen LogP contribution in [0.1, 0.15) is 29.4 Å². The molecule has 1 aliphatic heterocycles. The van der Waals surface area contributed by atoms with Gasteiger partial charge in [0.05, 0.1) is 29.5 Å². The van der Waals surface area contributed by atoms with Gasteiger partial charge >= 0.3 is 0 Å². The summed E-state index contributed by atoms with van der Waals surface area (Å²) in [6, 6.07) is -0.304. The van der Waals surface area contributed by atoms with E-state index in [0.29, 0.717) is 23.4 Å². The maximum Gasteiger partial charge on any atom is 0.254 e. The largest absolute Gasteiger partial charge is 0.272 e. The van der Waals surface area contributed by atoms with E-state index in [-0.39, 0.29) is 17.5 Å².